The van der Waals surface area contributed by atoms with Gasteiger partial charge in [-0.15, -0.1) is 0 Å². The van der Waals surface area contributed by atoms with E-state index in [9.17, 15) is 4.79 Å². The van der Waals surface area contributed by atoms with E-state index >= 15 is 0 Å². The van der Waals surface area contributed by atoms with Crippen LogP contribution in [0.1, 0.15) is 16.1 Å². The monoisotopic (exact) mass is 266 g/mol. The molecule has 1 aromatic rings. The number of carbonyl (C=O) groups excluding carboxylic acids is 1. The van der Waals surface area contributed by atoms with E-state index in [1.54, 1.807) is 6.20 Å². The summed E-state index contributed by atoms with van der Waals surface area (Å²) in [6.45, 7) is 3.50. The van der Waals surface area contributed by atoms with Crippen LogP contribution in [0.4, 0.5) is 5.95 Å². The van der Waals surface area contributed by atoms with Crippen LogP contribution in [-0.4, -0.2) is 59.5 Å². The molecule has 5 nitrogen and oxygen atoms in total. The molecule has 1 fully saturated rings. The summed E-state index contributed by atoms with van der Waals surface area (Å²) >= 11 is 1.89. The van der Waals surface area contributed by atoms with Crippen LogP contribution in [-0.2, 0) is 0 Å². The molecule has 98 valence electrons. The van der Waals surface area contributed by atoms with Gasteiger partial charge in [0.05, 0.1) is 11.3 Å². The number of anilines is 1. The summed E-state index contributed by atoms with van der Waals surface area (Å²) in [6, 6.07) is 0. The number of thioether (sulfide) groups is 1. The van der Waals surface area contributed by atoms with Crippen molar-refractivity contribution in [2.45, 2.75) is 6.92 Å². The van der Waals surface area contributed by atoms with Crippen LogP contribution in [0.2, 0.25) is 0 Å². The SMILES string of the molecule is Cc1nc(N(C)C)ncc1C(=O)N1CCSCC1. The number of rotatable bonds is 2. The largest absolute Gasteiger partial charge is 0.347 e. The topological polar surface area (TPSA) is 49.3 Å². The smallest absolute Gasteiger partial charge is 0.257 e. The minimum Gasteiger partial charge on any atom is -0.347 e. The molecule has 0 atom stereocenters. The van der Waals surface area contributed by atoms with Crippen molar-refractivity contribution >= 4 is 23.6 Å². The second-order valence-corrected chi connectivity index (χ2v) is 5.69. The highest BCUT2D eigenvalue weighted by Crippen LogP contribution is 2.15. The van der Waals surface area contributed by atoms with E-state index < -0.39 is 0 Å². The molecule has 0 aliphatic carbocycles. The summed E-state index contributed by atoms with van der Waals surface area (Å²) in [6.07, 6.45) is 1.64. The van der Waals surface area contributed by atoms with E-state index in [4.69, 9.17) is 0 Å². The van der Waals surface area contributed by atoms with Crippen molar-refractivity contribution in [3.05, 3.63) is 17.5 Å². The summed E-state index contributed by atoms with van der Waals surface area (Å²) in [5, 5.41) is 0. The van der Waals surface area contributed by atoms with Gasteiger partial charge >= 0.3 is 0 Å². The van der Waals surface area contributed by atoms with Gasteiger partial charge in [0.2, 0.25) is 5.95 Å². The van der Waals surface area contributed by atoms with Gasteiger partial charge in [0, 0.05) is 44.9 Å². The van der Waals surface area contributed by atoms with Crippen LogP contribution in [0.5, 0.6) is 0 Å². The Labute approximate surface area is 112 Å². The predicted octanol–water partition coefficient (Wildman–Crippen LogP) is 1.04. The van der Waals surface area contributed by atoms with Gasteiger partial charge in [-0.1, -0.05) is 0 Å². The average Bonchev–Trinajstić information content (AvgIpc) is 2.38. The van der Waals surface area contributed by atoms with Crippen molar-refractivity contribution in [2.24, 2.45) is 0 Å². The Bertz CT molecular complexity index is 444. The highest BCUT2D eigenvalue weighted by atomic mass is 32.2. The molecule has 1 saturated heterocycles. The van der Waals surface area contributed by atoms with Crippen molar-refractivity contribution in [1.82, 2.24) is 14.9 Å². The molecule has 1 amide bonds. The third-order valence-corrected chi connectivity index (χ3v) is 3.84. The Morgan fingerprint density at radius 3 is 2.61 bits per heavy atom. The molecule has 0 radical (unpaired) electrons. The van der Waals surface area contributed by atoms with E-state index in [1.165, 1.54) is 0 Å². The minimum absolute atomic E-state index is 0.0538. The molecule has 0 unspecified atom stereocenters. The molecular weight excluding hydrogens is 248 g/mol. The first-order valence-electron chi connectivity index (χ1n) is 5.97. The maximum atomic E-state index is 12.3. The zero-order valence-electron chi connectivity index (χ0n) is 11.0. The number of aryl methyl sites for hydroxylation is 1. The number of nitrogens with zero attached hydrogens (tertiary/aromatic N) is 4. The van der Waals surface area contributed by atoms with Crippen LogP contribution in [0, 0.1) is 6.92 Å². The van der Waals surface area contributed by atoms with Gasteiger partial charge in [-0.05, 0) is 6.92 Å². The number of hydrogen-bond acceptors (Lipinski definition) is 5. The lowest BCUT2D eigenvalue weighted by atomic mass is 10.2. The molecule has 0 aromatic carbocycles. The zero-order valence-corrected chi connectivity index (χ0v) is 11.8. The number of amides is 1. The van der Waals surface area contributed by atoms with Gasteiger partial charge in [-0.25, -0.2) is 9.97 Å². The van der Waals surface area contributed by atoms with Gasteiger partial charge < -0.3 is 9.80 Å². The highest BCUT2D eigenvalue weighted by molar-refractivity contribution is 7.99. The van der Waals surface area contributed by atoms with Crippen LogP contribution < -0.4 is 4.90 Å². The normalized spacial score (nSPS) is 15.6. The van der Waals surface area contributed by atoms with Gasteiger partial charge in [0.25, 0.3) is 5.91 Å². The summed E-state index contributed by atoms with van der Waals surface area (Å²) < 4.78 is 0. The zero-order chi connectivity index (χ0) is 13.1. The minimum atomic E-state index is 0.0538. The second kappa shape index (κ2) is 5.56. The van der Waals surface area contributed by atoms with Crippen molar-refractivity contribution < 1.29 is 4.79 Å². The van der Waals surface area contributed by atoms with Crippen molar-refractivity contribution in [3.8, 4) is 0 Å². The van der Waals surface area contributed by atoms with Gasteiger partial charge in [-0.3, -0.25) is 4.79 Å². The predicted molar refractivity (Wildman–Crippen MR) is 74.3 cm³/mol. The van der Waals surface area contributed by atoms with E-state index in [-0.39, 0.29) is 5.91 Å². The molecule has 1 aliphatic rings. The fourth-order valence-corrected chi connectivity index (χ4v) is 2.72. The fourth-order valence-electron chi connectivity index (χ4n) is 1.82. The molecular formula is C12H18N4OS. The van der Waals surface area contributed by atoms with E-state index in [0.29, 0.717) is 11.5 Å². The Balaban J connectivity index is 2.19. The Morgan fingerprint density at radius 2 is 2.06 bits per heavy atom. The maximum absolute atomic E-state index is 12.3. The molecule has 0 saturated carbocycles. The molecule has 1 aliphatic heterocycles. The lowest BCUT2D eigenvalue weighted by molar-refractivity contribution is 0.0770. The third kappa shape index (κ3) is 2.75. The first-order chi connectivity index (χ1) is 8.59. The van der Waals surface area contributed by atoms with Crippen LogP contribution in [0.25, 0.3) is 0 Å². The quantitative estimate of drug-likeness (QED) is 0.800. The molecule has 6 heteroatoms. The highest BCUT2D eigenvalue weighted by Gasteiger charge is 2.21. The lowest BCUT2D eigenvalue weighted by Crippen LogP contribution is -2.38. The van der Waals surface area contributed by atoms with E-state index in [2.05, 4.69) is 9.97 Å². The number of carbonyl (C=O) groups is 1. The first-order valence-corrected chi connectivity index (χ1v) is 7.13. The summed E-state index contributed by atoms with van der Waals surface area (Å²) in [5.74, 6) is 2.72. The van der Waals surface area contributed by atoms with Gasteiger partial charge in [-0.2, -0.15) is 11.8 Å². The van der Waals surface area contributed by atoms with Gasteiger partial charge in [0.15, 0.2) is 0 Å². The first kappa shape index (κ1) is 13.1. The van der Waals surface area contributed by atoms with E-state index in [1.807, 2.05) is 42.6 Å². The van der Waals surface area contributed by atoms with Crippen LogP contribution in [0.15, 0.2) is 6.20 Å². The molecule has 0 N–H and O–H groups in total. The average molecular weight is 266 g/mol. The van der Waals surface area contributed by atoms with Crippen molar-refractivity contribution in [3.63, 3.8) is 0 Å². The van der Waals surface area contributed by atoms with Crippen molar-refractivity contribution in [2.75, 3.05) is 43.6 Å². The number of aromatic nitrogens is 2. The summed E-state index contributed by atoms with van der Waals surface area (Å²) in [5.41, 5.74) is 1.37. The third-order valence-electron chi connectivity index (χ3n) is 2.90. The fraction of sp³-hybridized carbons (Fsp3) is 0.583. The number of hydrogen-bond donors (Lipinski definition) is 0. The molecule has 0 bridgehead atoms. The second-order valence-electron chi connectivity index (χ2n) is 4.47. The van der Waals surface area contributed by atoms with E-state index in [0.717, 1.165) is 30.3 Å². The summed E-state index contributed by atoms with van der Waals surface area (Å²) in [7, 11) is 3.77. The van der Waals surface area contributed by atoms with Crippen LogP contribution in [0.3, 0.4) is 0 Å². The Morgan fingerprint density at radius 1 is 1.39 bits per heavy atom. The Hall–Kier alpha value is -1.30. The molecule has 2 heterocycles. The van der Waals surface area contributed by atoms with Gasteiger partial charge in [0.1, 0.15) is 0 Å². The molecule has 1 aromatic heterocycles. The standard InChI is InChI=1S/C12H18N4OS/c1-9-10(8-13-12(14-9)15(2)3)11(17)16-4-6-18-7-5-16/h8H,4-7H2,1-3H3. The molecule has 0 spiro atoms. The maximum Gasteiger partial charge on any atom is 0.257 e. The summed E-state index contributed by atoms with van der Waals surface area (Å²) in [4.78, 5) is 24.6. The molecule has 18 heavy (non-hydrogen) atoms. The van der Waals surface area contributed by atoms with Crippen LogP contribution >= 0.6 is 11.8 Å². The Kier molecular flexibility index (Phi) is 4.06. The molecule has 2 rings (SSSR count). The lowest BCUT2D eigenvalue weighted by Gasteiger charge is -2.26. The van der Waals surface area contributed by atoms with Crippen molar-refractivity contribution in [1.29, 1.82) is 0 Å².